The molecule has 1 aliphatic heterocycles. The van der Waals surface area contributed by atoms with Crippen molar-refractivity contribution in [3.8, 4) is 0 Å². The van der Waals surface area contributed by atoms with Crippen LogP contribution in [0.2, 0.25) is 5.02 Å². The molecule has 3 rings (SSSR count). The van der Waals surface area contributed by atoms with Crippen LogP contribution in [0.4, 0.5) is 11.4 Å². The molecule has 2 amide bonds. The van der Waals surface area contributed by atoms with Crippen LogP contribution in [0.15, 0.2) is 42.5 Å². The molecule has 7 nitrogen and oxygen atoms in total. The highest BCUT2D eigenvalue weighted by molar-refractivity contribution is 6.31. The molecule has 8 heteroatoms. The summed E-state index contributed by atoms with van der Waals surface area (Å²) in [5.41, 5.74) is 1.87. The number of halogens is 1. The van der Waals surface area contributed by atoms with E-state index in [0.29, 0.717) is 42.2 Å². The summed E-state index contributed by atoms with van der Waals surface area (Å²) >= 11 is 6.09. The fraction of sp³-hybridized carbons (Fsp3) is 0.300. The quantitative estimate of drug-likeness (QED) is 0.617. The molecular weight excluding hydrogens is 382 g/mol. The van der Waals surface area contributed by atoms with Crippen LogP contribution < -0.4 is 5.32 Å². The lowest BCUT2D eigenvalue weighted by molar-refractivity contribution is -0.384. The highest BCUT2D eigenvalue weighted by Crippen LogP contribution is 2.26. The minimum atomic E-state index is -0.500. The summed E-state index contributed by atoms with van der Waals surface area (Å²) in [5, 5.41) is 14.2. The van der Waals surface area contributed by atoms with Crippen LogP contribution in [0, 0.1) is 23.0 Å². The zero-order valence-corrected chi connectivity index (χ0v) is 16.1. The number of piperidine rings is 1. The molecule has 0 saturated carbocycles. The second-order valence-corrected chi connectivity index (χ2v) is 7.18. The Morgan fingerprint density at radius 2 is 1.79 bits per heavy atom. The minimum absolute atomic E-state index is 0.0526. The fourth-order valence-electron chi connectivity index (χ4n) is 3.23. The lowest BCUT2D eigenvalue weighted by Crippen LogP contribution is -2.41. The van der Waals surface area contributed by atoms with Crippen molar-refractivity contribution in [3.05, 3.63) is 68.7 Å². The summed E-state index contributed by atoms with van der Waals surface area (Å²) in [6.45, 7) is 2.77. The molecule has 28 heavy (non-hydrogen) atoms. The normalized spacial score (nSPS) is 14.6. The molecule has 0 bridgehead atoms. The molecule has 0 aromatic heterocycles. The highest BCUT2D eigenvalue weighted by Gasteiger charge is 2.28. The zero-order valence-electron chi connectivity index (χ0n) is 15.4. The van der Waals surface area contributed by atoms with Crippen molar-refractivity contribution < 1.29 is 14.5 Å². The first kappa shape index (κ1) is 19.8. The molecule has 0 spiro atoms. The van der Waals surface area contributed by atoms with E-state index in [1.54, 1.807) is 17.0 Å². The summed E-state index contributed by atoms with van der Waals surface area (Å²) in [7, 11) is 0. The number of hydrogen-bond donors (Lipinski definition) is 1. The van der Waals surface area contributed by atoms with Gasteiger partial charge in [0.05, 0.1) is 4.92 Å². The van der Waals surface area contributed by atoms with Crippen LogP contribution in [0.3, 0.4) is 0 Å². The Morgan fingerprint density at radius 1 is 1.14 bits per heavy atom. The van der Waals surface area contributed by atoms with Crippen LogP contribution in [0.25, 0.3) is 0 Å². The van der Waals surface area contributed by atoms with Crippen LogP contribution in [-0.2, 0) is 4.79 Å². The third-order valence-corrected chi connectivity index (χ3v) is 5.41. The number of amides is 2. The molecular formula is C20H20ClN3O4. The maximum atomic E-state index is 12.6. The summed E-state index contributed by atoms with van der Waals surface area (Å²) in [6, 6.07) is 10.9. The second kappa shape index (κ2) is 8.39. The van der Waals surface area contributed by atoms with E-state index in [4.69, 9.17) is 11.6 Å². The molecule has 2 aromatic carbocycles. The topological polar surface area (TPSA) is 92.6 Å². The third kappa shape index (κ3) is 4.31. The van der Waals surface area contributed by atoms with Gasteiger partial charge in [0.1, 0.15) is 0 Å². The summed E-state index contributed by atoms with van der Waals surface area (Å²) in [5.74, 6) is -0.438. The van der Waals surface area contributed by atoms with E-state index in [0.717, 1.165) is 5.56 Å². The van der Waals surface area contributed by atoms with Gasteiger partial charge in [-0.2, -0.15) is 0 Å². The van der Waals surface area contributed by atoms with E-state index >= 15 is 0 Å². The molecule has 0 atom stereocenters. The Hall–Kier alpha value is -2.93. The van der Waals surface area contributed by atoms with Gasteiger partial charge in [-0.3, -0.25) is 19.7 Å². The van der Waals surface area contributed by atoms with Crippen molar-refractivity contribution >= 4 is 34.8 Å². The van der Waals surface area contributed by atoms with Crippen molar-refractivity contribution in [3.63, 3.8) is 0 Å². The van der Waals surface area contributed by atoms with Crippen molar-refractivity contribution in [1.29, 1.82) is 0 Å². The zero-order chi connectivity index (χ0) is 20.3. The minimum Gasteiger partial charge on any atom is -0.339 e. The Morgan fingerprint density at radius 3 is 2.39 bits per heavy atom. The third-order valence-electron chi connectivity index (χ3n) is 5.00. The Bertz CT molecular complexity index is 906. The van der Waals surface area contributed by atoms with E-state index in [9.17, 15) is 19.7 Å². The maximum Gasteiger partial charge on any atom is 0.269 e. The number of nitrogens with one attached hydrogen (secondary N) is 1. The highest BCUT2D eigenvalue weighted by atomic mass is 35.5. The first-order valence-electron chi connectivity index (χ1n) is 8.96. The second-order valence-electron chi connectivity index (χ2n) is 6.77. The molecule has 2 aromatic rings. The number of benzene rings is 2. The summed E-state index contributed by atoms with van der Waals surface area (Å²) < 4.78 is 0. The Labute approximate surface area is 167 Å². The standard InChI is InChI=1S/C20H20ClN3O4/c1-13-17(21)3-2-4-18(13)22-19(25)14-9-11-23(12-10-14)20(26)15-5-7-16(8-6-15)24(27)28/h2-8,14H,9-12H2,1H3,(H,22,25). The van der Waals surface area contributed by atoms with Gasteiger partial charge in [-0.25, -0.2) is 0 Å². The number of non-ortho nitro benzene ring substituents is 1. The average molecular weight is 402 g/mol. The summed E-state index contributed by atoms with van der Waals surface area (Å²) in [6.07, 6.45) is 1.12. The number of anilines is 1. The number of nitro benzene ring substituents is 1. The number of carbonyl (C=O) groups excluding carboxylic acids is 2. The molecule has 1 saturated heterocycles. The molecule has 0 unspecified atom stereocenters. The van der Waals surface area contributed by atoms with Gasteiger partial charge < -0.3 is 10.2 Å². The lowest BCUT2D eigenvalue weighted by atomic mass is 9.95. The van der Waals surface area contributed by atoms with Gasteiger partial charge >= 0.3 is 0 Å². The van der Waals surface area contributed by atoms with Crippen LogP contribution >= 0.6 is 11.6 Å². The predicted octanol–water partition coefficient (Wildman–Crippen LogP) is 4.05. The van der Waals surface area contributed by atoms with Gasteiger partial charge in [-0.1, -0.05) is 17.7 Å². The number of nitro groups is 1. The van der Waals surface area contributed by atoms with Crippen molar-refractivity contribution in [2.45, 2.75) is 19.8 Å². The molecule has 1 N–H and O–H groups in total. The molecule has 1 fully saturated rings. The van der Waals surface area contributed by atoms with Crippen molar-refractivity contribution in [1.82, 2.24) is 4.90 Å². The Kier molecular flexibility index (Phi) is 5.94. The van der Waals surface area contributed by atoms with Gasteiger partial charge in [-0.15, -0.1) is 0 Å². The monoisotopic (exact) mass is 401 g/mol. The van der Waals surface area contributed by atoms with Crippen LogP contribution in [-0.4, -0.2) is 34.7 Å². The number of nitrogens with zero attached hydrogens (tertiary/aromatic N) is 2. The first-order valence-corrected chi connectivity index (χ1v) is 9.34. The number of likely N-dealkylation sites (tertiary alicyclic amines) is 1. The van der Waals surface area contributed by atoms with Gasteiger partial charge in [0.25, 0.3) is 11.6 Å². The van der Waals surface area contributed by atoms with Gasteiger partial charge in [0, 0.05) is 47.4 Å². The molecule has 0 aliphatic carbocycles. The van der Waals surface area contributed by atoms with E-state index in [2.05, 4.69) is 5.32 Å². The smallest absolute Gasteiger partial charge is 0.269 e. The average Bonchev–Trinajstić information content (AvgIpc) is 2.71. The number of hydrogen-bond acceptors (Lipinski definition) is 4. The van der Waals surface area contributed by atoms with E-state index in [-0.39, 0.29) is 23.4 Å². The lowest BCUT2D eigenvalue weighted by Gasteiger charge is -2.31. The van der Waals surface area contributed by atoms with E-state index < -0.39 is 4.92 Å². The molecule has 1 heterocycles. The SMILES string of the molecule is Cc1c(Cl)cccc1NC(=O)C1CCN(C(=O)c2ccc([N+](=O)[O-])cc2)CC1. The predicted molar refractivity (Wildman–Crippen MR) is 107 cm³/mol. The van der Waals surface area contributed by atoms with E-state index in [1.807, 2.05) is 13.0 Å². The van der Waals surface area contributed by atoms with Crippen LogP contribution in [0.1, 0.15) is 28.8 Å². The molecule has 146 valence electrons. The fourth-order valence-corrected chi connectivity index (χ4v) is 3.41. The van der Waals surface area contributed by atoms with Gasteiger partial charge in [0.2, 0.25) is 5.91 Å². The van der Waals surface area contributed by atoms with Crippen LogP contribution in [0.5, 0.6) is 0 Å². The van der Waals surface area contributed by atoms with Gasteiger partial charge in [-0.05, 0) is 49.6 Å². The van der Waals surface area contributed by atoms with Gasteiger partial charge in [0.15, 0.2) is 0 Å². The molecule has 0 radical (unpaired) electrons. The van der Waals surface area contributed by atoms with E-state index in [1.165, 1.54) is 24.3 Å². The number of carbonyl (C=O) groups is 2. The van der Waals surface area contributed by atoms with Crippen molar-refractivity contribution in [2.24, 2.45) is 5.92 Å². The molecule has 1 aliphatic rings. The maximum absolute atomic E-state index is 12.6. The Balaban J connectivity index is 1.57. The van der Waals surface area contributed by atoms with Crippen molar-refractivity contribution in [2.75, 3.05) is 18.4 Å². The first-order chi connectivity index (χ1) is 13.4. The number of rotatable bonds is 4. The largest absolute Gasteiger partial charge is 0.339 e. The summed E-state index contributed by atoms with van der Waals surface area (Å²) in [4.78, 5) is 37.0.